The van der Waals surface area contributed by atoms with Crippen LogP contribution >= 0.6 is 0 Å². The van der Waals surface area contributed by atoms with E-state index in [0.29, 0.717) is 6.61 Å². The van der Waals surface area contributed by atoms with Crippen molar-refractivity contribution in [1.82, 2.24) is 0 Å². The largest absolute Gasteiger partial charge is 0.490 e. The molecule has 47 heavy (non-hydrogen) atoms. The lowest BCUT2D eigenvalue weighted by molar-refractivity contribution is -0.148. The van der Waals surface area contributed by atoms with Crippen molar-refractivity contribution in [2.45, 2.75) is 25.7 Å². The Bertz CT molecular complexity index is 1990. The van der Waals surface area contributed by atoms with Gasteiger partial charge in [0.05, 0.1) is 11.3 Å². The Morgan fingerprint density at radius 3 is 1.36 bits per heavy atom. The molecule has 7 aromatic carbocycles. The molecule has 0 saturated carbocycles. The van der Waals surface area contributed by atoms with E-state index in [1.807, 2.05) is 26.0 Å². The van der Waals surface area contributed by atoms with Gasteiger partial charge in [-0.05, 0) is 91.3 Å². The predicted molar refractivity (Wildman–Crippen MR) is 193 cm³/mol. The van der Waals surface area contributed by atoms with Crippen molar-refractivity contribution < 1.29 is 14.3 Å². The minimum absolute atomic E-state index is 0.109. The number of hydrogen-bond donors (Lipinski definition) is 0. The van der Waals surface area contributed by atoms with Crippen molar-refractivity contribution in [3.05, 3.63) is 174 Å². The van der Waals surface area contributed by atoms with Crippen molar-refractivity contribution in [1.29, 1.82) is 0 Å². The lowest BCUT2D eigenvalue weighted by Crippen LogP contribution is -2.31. The number of carbonyl (C=O) groups excluding carboxylic acids is 1. The monoisotopic (exact) mass is 614 g/mol. The molecular formula is C44H38O3. The maximum atomic E-state index is 12.1. The summed E-state index contributed by atoms with van der Waals surface area (Å²) in [7, 11) is 0. The van der Waals surface area contributed by atoms with Crippen molar-refractivity contribution in [3.63, 3.8) is 0 Å². The van der Waals surface area contributed by atoms with E-state index in [0.717, 1.165) is 17.7 Å². The van der Waals surface area contributed by atoms with Crippen LogP contribution in [0.5, 0.6) is 5.75 Å². The highest BCUT2D eigenvalue weighted by molar-refractivity contribution is 5.88. The predicted octanol–water partition coefficient (Wildman–Crippen LogP) is 10.5. The van der Waals surface area contributed by atoms with Crippen LogP contribution in [0.4, 0.5) is 0 Å². The van der Waals surface area contributed by atoms with Gasteiger partial charge in [0.1, 0.15) is 19.0 Å². The van der Waals surface area contributed by atoms with Gasteiger partial charge in [0, 0.05) is 0 Å². The maximum Gasteiger partial charge on any atom is 0.308 e. The van der Waals surface area contributed by atoms with Crippen LogP contribution in [0.25, 0.3) is 32.3 Å². The second-order valence-electron chi connectivity index (χ2n) is 12.3. The zero-order valence-electron chi connectivity index (χ0n) is 26.9. The fourth-order valence-corrected chi connectivity index (χ4v) is 6.68. The molecule has 0 N–H and O–H groups in total. The van der Waals surface area contributed by atoms with E-state index in [2.05, 4.69) is 140 Å². The van der Waals surface area contributed by atoms with Gasteiger partial charge in [-0.15, -0.1) is 0 Å². The molecule has 0 fully saturated rings. The van der Waals surface area contributed by atoms with Crippen LogP contribution in [0, 0.1) is 5.92 Å². The maximum absolute atomic E-state index is 12.1. The van der Waals surface area contributed by atoms with Gasteiger partial charge in [0.15, 0.2) is 0 Å². The second kappa shape index (κ2) is 13.1. The molecule has 1 atom stereocenters. The number of fused-ring (bicyclic) bond motifs is 3. The Kier molecular flexibility index (Phi) is 8.46. The molecule has 3 nitrogen and oxygen atoms in total. The van der Waals surface area contributed by atoms with Crippen LogP contribution < -0.4 is 4.74 Å². The summed E-state index contributed by atoms with van der Waals surface area (Å²) >= 11 is 0. The van der Waals surface area contributed by atoms with Gasteiger partial charge >= 0.3 is 5.97 Å². The number of ether oxygens (including phenoxy) is 2. The first kappa shape index (κ1) is 30.3. The van der Waals surface area contributed by atoms with E-state index in [9.17, 15) is 4.79 Å². The Balaban J connectivity index is 1.40. The molecule has 0 spiro atoms. The standard InChI is InChI=1S/C44H38O3/c1-3-31(2)43(45)47-27-26-46-42-24-22-38(23-25-42)44(39-19-16-32-10-4-7-13-35(32)28-39,40-20-17-33-11-5-8-14-36(33)29-40)41-21-18-34-12-6-9-15-37(34)30-41/h4-25,28-31H,3,26-27H2,1-2H3. The number of benzene rings is 7. The normalized spacial score (nSPS) is 12.3. The minimum atomic E-state index is -0.636. The highest BCUT2D eigenvalue weighted by atomic mass is 16.6. The summed E-state index contributed by atoms with van der Waals surface area (Å²) in [5, 5.41) is 7.22. The SMILES string of the molecule is CCC(C)C(=O)OCCOc1ccc(C(c2ccc3ccccc3c2)(c2ccc3ccccc3c2)c2ccc3ccccc3c2)cc1. The Hall–Kier alpha value is -5.41. The van der Waals surface area contributed by atoms with Crippen LogP contribution in [0.1, 0.15) is 42.5 Å². The molecule has 0 bridgehead atoms. The number of hydrogen-bond acceptors (Lipinski definition) is 3. The average Bonchev–Trinajstić information content (AvgIpc) is 3.13. The molecule has 0 amide bonds. The Morgan fingerprint density at radius 2 is 0.936 bits per heavy atom. The zero-order chi connectivity index (χ0) is 32.2. The van der Waals surface area contributed by atoms with E-state index in [1.165, 1.54) is 49.0 Å². The number of esters is 1. The lowest BCUT2D eigenvalue weighted by atomic mass is 9.64. The van der Waals surface area contributed by atoms with Crippen LogP contribution in [-0.2, 0) is 14.9 Å². The van der Waals surface area contributed by atoms with E-state index in [1.54, 1.807) is 0 Å². The first-order chi connectivity index (χ1) is 23.1. The number of rotatable bonds is 10. The molecule has 0 radical (unpaired) electrons. The van der Waals surface area contributed by atoms with E-state index < -0.39 is 5.41 Å². The molecule has 0 aliphatic carbocycles. The molecule has 0 aliphatic rings. The second-order valence-corrected chi connectivity index (χ2v) is 12.3. The molecule has 0 saturated heterocycles. The third-order valence-electron chi connectivity index (χ3n) is 9.45. The average molecular weight is 615 g/mol. The van der Waals surface area contributed by atoms with Crippen molar-refractivity contribution in [3.8, 4) is 5.75 Å². The first-order valence-corrected chi connectivity index (χ1v) is 16.4. The van der Waals surface area contributed by atoms with E-state index >= 15 is 0 Å². The van der Waals surface area contributed by atoms with E-state index in [4.69, 9.17) is 9.47 Å². The molecule has 0 aromatic heterocycles. The van der Waals surface area contributed by atoms with Gasteiger partial charge in [-0.3, -0.25) is 4.79 Å². The summed E-state index contributed by atoms with van der Waals surface area (Å²) in [6.45, 7) is 4.39. The van der Waals surface area contributed by atoms with Crippen LogP contribution in [0.2, 0.25) is 0 Å². The summed E-state index contributed by atoms with van der Waals surface area (Å²) in [6.07, 6.45) is 0.758. The summed E-state index contributed by atoms with van der Waals surface area (Å²) in [5.41, 5.74) is 4.06. The Morgan fingerprint density at radius 1 is 0.532 bits per heavy atom. The minimum Gasteiger partial charge on any atom is -0.490 e. The van der Waals surface area contributed by atoms with Gasteiger partial charge < -0.3 is 9.47 Å². The molecule has 3 heteroatoms. The van der Waals surface area contributed by atoms with Gasteiger partial charge in [0.2, 0.25) is 0 Å². The van der Waals surface area contributed by atoms with Crippen molar-refractivity contribution in [2.75, 3.05) is 13.2 Å². The van der Waals surface area contributed by atoms with Gasteiger partial charge in [-0.2, -0.15) is 0 Å². The summed E-state index contributed by atoms with van der Waals surface area (Å²) < 4.78 is 11.5. The number of carbonyl (C=O) groups is 1. The molecule has 1 unspecified atom stereocenters. The molecule has 0 heterocycles. The van der Waals surface area contributed by atoms with Crippen LogP contribution in [0.3, 0.4) is 0 Å². The van der Waals surface area contributed by atoms with E-state index in [-0.39, 0.29) is 18.5 Å². The summed E-state index contributed by atoms with van der Waals surface area (Å²) in [4.78, 5) is 12.1. The third-order valence-corrected chi connectivity index (χ3v) is 9.45. The summed E-state index contributed by atoms with van der Waals surface area (Å²) in [6, 6.07) is 54.6. The van der Waals surface area contributed by atoms with Crippen molar-refractivity contribution >= 4 is 38.3 Å². The topological polar surface area (TPSA) is 35.5 Å². The molecule has 7 rings (SSSR count). The molecule has 232 valence electrons. The fourth-order valence-electron chi connectivity index (χ4n) is 6.68. The smallest absolute Gasteiger partial charge is 0.308 e. The highest BCUT2D eigenvalue weighted by Gasteiger charge is 2.39. The van der Waals surface area contributed by atoms with Crippen molar-refractivity contribution in [2.24, 2.45) is 5.92 Å². The molecule has 0 aliphatic heterocycles. The van der Waals surface area contributed by atoms with Gasteiger partial charge in [-0.25, -0.2) is 0 Å². The van der Waals surface area contributed by atoms with Gasteiger partial charge in [0.25, 0.3) is 0 Å². The first-order valence-electron chi connectivity index (χ1n) is 16.4. The molecular weight excluding hydrogens is 576 g/mol. The third kappa shape index (κ3) is 5.86. The quantitative estimate of drug-likeness (QED) is 0.0874. The van der Waals surface area contributed by atoms with Gasteiger partial charge in [-0.1, -0.05) is 135 Å². The Labute approximate surface area is 276 Å². The summed E-state index contributed by atoms with van der Waals surface area (Å²) in [5.74, 6) is 0.442. The van der Waals surface area contributed by atoms with Crippen LogP contribution in [-0.4, -0.2) is 19.2 Å². The lowest BCUT2D eigenvalue weighted by Gasteiger charge is -2.37. The highest BCUT2D eigenvalue weighted by Crippen LogP contribution is 2.47. The fraction of sp³-hybridized carbons (Fsp3) is 0.159. The zero-order valence-corrected chi connectivity index (χ0v) is 26.9. The molecule has 7 aromatic rings. The van der Waals surface area contributed by atoms with Crippen LogP contribution in [0.15, 0.2) is 152 Å².